The standard InChI is InChI=1S/C53H105N2O6P/c1-6-8-10-12-14-16-18-20-22-24-26-27-29-31-33-35-37-39-41-43-45-47-53(57)54-51(50-61-62(58,59)60-49-48-55(3,4)5)52(56)46-44-42-40-38-36-34-32-30-28-25-23-21-19-17-15-13-11-9-7-2/h8,10,14,16,51-52,56H,6-7,9,11-13,15,17-50H2,1-5H3,(H-,54,57,58,59)/p+1/b10-8-,16-14-. The lowest BCUT2D eigenvalue weighted by Crippen LogP contribution is -2.46. The molecular weight excluding hydrogens is 792 g/mol. The van der Waals surface area contributed by atoms with Gasteiger partial charge in [-0.1, -0.05) is 237 Å². The molecule has 0 heterocycles. The van der Waals surface area contributed by atoms with Crippen molar-refractivity contribution in [2.45, 2.75) is 270 Å². The number of phosphoric ester groups is 1. The maximum absolute atomic E-state index is 13.0. The molecule has 8 nitrogen and oxygen atoms in total. The number of nitrogens with zero attached hydrogens (tertiary/aromatic N) is 1. The minimum atomic E-state index is -4.32. The molecule has 0 radical (unpaired) electrons. The third kappa shape index (κ3) is 47.0. The van der Waals surface area contributed by atoms with Crippen molar-refractivity contribution < 1.29 is 32.9 Å². The number of carbonyl (C=O) groups excluding carboxylic acids is 1. The molecule has 0 bridgehead atoms. The lowest BCUT2D eigenvalue weighted by atomic mass is 10.0. The summed E-state index contributed by atoms with van der Waals surface area (Å²) < 4.78 is 23.7. The van der Waals surface area contributed by atoms with Crippen LogP contribution in [0.15, 0.2) is 24.3 Å². The molecule has 1 amide bonds. The number of aliphatic hydroxyl groups is 1. The zero-order chi connectivity index (χ0) is 45.7. The number of aliphatic hydroxyl groups excluding tert-OH is 1. The summed E-state index contributed by atoms with van der Waals surface area (Å²) in [6.45, 7) is 4.82. The van der Waals surface area contributed by atoms with Crippen molar-refractivity contribution in [1.29, 1.82) is 0 Å². The summed E-state index contributed by atoms with van der Waals surface area (Å²) in [5.41, 5.74) is 0. The molecule has 9 heteroatoms. The van der Waals surface area contributed by atoms with Gasteiger partial charge in [0.2, 0.25) is 5.91 Å². The van der Waals surface area contributed by atoms with E-state index in [1.165, 1.54) is 180 Å². The predicted molar refractivity (Wildman–Crippen MR) is 268 cm³/mol. The molecule has 0 saturated carbocycles. The Hall–Kier alpha value is -1.02. The number of phosphoric acid groups is 1. The van der Waals surface area contributed by atoms with Gasteiger partial charge in [0.15, 0.2) is 0 Å². The fourth-order valence-corrected chi connectivity index (χ4v) is 8.76. The van der Waals surface area contributed by atoms with Gasteiger partial charge in [-0.3, -0.25) is 13.8 Å². The molecule has 3 atom stereocenters. The van der Waals surface area contributed by atoms with Crippen LogP contribution < -0.4 is 5.32 Å². The Morgan fingerprint density at radius 3 is 1.40 bits per heavy atom. The predicted octanol–water partition coefficient (Wildman–Crippen LogP) is 15.6. The largest absolute Gasteiger partial charge is 0.472 e. The van der Waals surface area contributed by atoms with E-state index in [0.29, 0.717) is 23.9 Å². The van der Waals surface area contributed by atoms with Crippen LogP contribution in [0.1, 0.15) is 258 Å². The van der Waals surface area contributed by atoms with Gasteiger partial charge in [-0.2, -0.15) is 0 Å². The third-order valence-electron chi connectivity index (χ3n) is 12.2. The first-order valence-electron chi connectivity index (χ1n) is 26.7. The summed E-state index contributed by atoms with van der Waals surface area (Å²) in [6, 6.07) is -0.758. The zero-order valence-corrected chi connectivity index (χ0v) is 42.8. The molecule has 0 aromatic carbocycles. The smallest absolute Gasteiger partial charge is 0.391 e. The van der Waals surface area contributed by atoms with Crippen molar-refractivity contribution in [3.05, 3.63) is 24.3 Å². The minimum absolute atomic E-state index is 0.0763. The van der Waals surface area contributed by atoms with E-state index in [1.54, 1.807) is 0 Å². The Labute approximate surface area is 385 Å². The first kappa shape index (κ1) is 61.0. The Morgan fingerprint density at radius 2 is 0.968 bits per heavy atom. The Bertz CT molecular complexity index is 1060. The van der Waals surface area contributed by atoms with E-state index >= 15 is 0 Å². The van der Waals surface area contributed by atoms with E-state index < -0.39 is 20.0 Å². The number of hydrogen-bond donors (Lipinski definition) is 3. The first-order chi connectivity index (χ1) is 30.0. The fraction of sp³-hybridized carbons (Fsp3) is 0.906. The monoisotopic (exact) mass is 898 g/mol. The molecule has 3 unspecified atom stereocenters. The summed E-state index contributed by atoms with van der Waals surface area (Å²) in [6.07, 6.45) is 55.0. The van der Waals surface area contributed by atoms with Crippen molar-refractivity contribution in [2.24, 2.45) is 0 Å². The second-order valence-corrected chi connectivity index (χ2v) is 21.0. The molecule has 0 aliphatic rings. The molecular formula is C53H106N2O6P+. The minimum Gasteiger partial charge on any atom is -0.391 e. The van der Waals surface area contributed by atoms with E-state index in [1.807, 2.05) is 21.1 Å². The number of nitrogens with one attached hydrogen (secondary N) is 1. The Morgan fingerprint density at radius 1 is 0.565 bits per heavy atom. The highest BCUT2D eigenvalue weighted by Gasteiger charge is 2.28. The molecule has 0 saturated heterocycles. The maximum Gasteiger partial charge on any atom is 0.472 e. The number of rotatable bonds is 49. The second-order valence-electron chi connectivity index (χ2n) is 19.6. The summed E-state index contributed by atoms with van der Waals surface area (Å²) in [5, 5.41) is 14.0. The number of quaternary nitrogens is 1. The van der Waals surface area contributed by atoms with Gasteiger partial charge in [-0.25, -0.2) is 4.57 Å². The number of unbranched alkanes of at least 4 members (excludes halogenated alkanes) is 32. The molecule has 0 rings (SSSR count). The van der Waals surface area contributed by atoms with Crippen LogP contribution in [0.4, 0.5) is 0 Å². The summed E-state index contributed by atoms with van der Waals surface area (Å²) >= 11 is 0. The van der Waals surface area contributed by atoms with Crippen LogP contribution in [0.25, 0.3) is 0 Å². The van der Waals surface area contributed by atoms with Gasteiger partial charge < -0.3 is 19.8 Å². The number of carbonyl (C=O) groups is 1. The fourth-order valence-electron chi connectivity index (χ4n) is 8.03. The molecule has 62 heavy (non-hydrogen) atoms. The van der Waals surface area contributed by atoms with Gasteiger partial charge in [0, 0.05) is 6.42 Å². The first-order valence-corrected chi connectivity index (χ1v) is 28.2. The average molecular weight is 898 g/mol. The quantitative estimate of drug-likeness (QED) is 0.0243. The van der Waals surface area contributed by atoms with E-state index in [9.17, 15) is 19.4 Å². The average Bonchev–Trinajstić information content (AvgIpc) is 3.23. The van der Waals surface area contributed by atoms with Crippen molar-refractivity contribution >= 4 is 13.7 Å². The molecule has 0 spiro atoms. The highest BCUT2D eigenvalue weighted by Crippen LogP contribution is 2.43. The number of hydrogen-bond acceptors (Lipinski definition) is 5. The lowest BCUT2D eigenvalue weighted by molar-refractivity contribution is -0.870. The van der Waals surface area contributed by atoms with E-state index in [0.717, 1.165) is 51.4 Å². The van der Waals surface area contributed by atoms with Crippen LogP contribution in [0, 0.1) is 0 Å². The van der Waals surface area contributed by atoms with Crippen LogP contribution in [-0.4, -0.2) is 73.4 Å². The summed E-state index contributed by atoms with van der Waals surface area (Å²) in [5.74, 6) is -0.142. The van der Waals surface area contributed by atoms with Crippen molar-refractivity contribution in [3.63, 3.8) is 0 Å². The second kappa shape index (κ2) is 45.1. The summed E-state index contributed by atoms with van der Waals surface area (Å²) in [7, 11) is 1.62. The molecule has 0 fully saturated rings. The van der Waals surface area contributed by atoms with E-state index in [4.69, 9.17) is 9.05 Å². The van der Waals surface area contributed by atoms with Crippen molar-refractivity contribution in [2.75, 3.05) is 40.9 Å². The van der Waals surface area contributed by atoms with Gasteiger partial charge in [-0.15, -0.1) is 0 Å². The molecule has 0 aliphatic carbocycles. The Kier molecular flexibility index (Phi) is 44.4. The van der Waals surface area contributed by atoms with E-state index in [-0.39, 0.29) is 19.1 Å². The third-order valence-corrected chi connectivity index (χ3v) is 13.2. The van der Waals surface area contributed by atoms with Crippen LogP contribution in [0.5, 0.6) is 0 Å². The molecule has 3 N–H and O–H groups in total. The van der Waals surface area contributed by atoms with Crippen LogP contribution in [0.2, 0.25) is 0 Å². The van der Waals surface area contributed by atoms with Gasteiger partial charge in [0.05, 0.1) is 39.9 Å². The number of likely N-dealkylation sites (N-methyl/N-ethyl adjacent to an activating group) is 1. The molecule has 0 aromatic rings. The number of amides is 1. The van der Waals surface area contributed by atoms with Crippen LogP contribution >= 0.6 is 7.82 Å². The zero-order valence-electron chi connectivity index (χ0n) is 41.9. The normalized spacial score (nSPS) is 14.2. The molecule has 0 aliphatic heterocycles. The highest BCUT2D eigenvalue weighted by molar-refractivity contribution is 7.47. The van der Waals surface area contributed by atoms with Gasteiger partial charge in [0.1, 0.15) is 13.2 Å². The molecule has 0 aromatic heterocycles. The topological polar surface area (TPSA) is 105 Å². The summed E-state index contributed by atoms with van der Waals surface area (Å²) in [4.78, 5) is 23.3. The highest BCUT2D eigenvalue weighted by atomic mass is 31.2. The van der Waals surface area contributed by atoms with Gasteiger partial charge in [-0.05, 0) is 38.5 Å². The Balaban J connectivity index is 4.20. The number of allylic oxidation sites excluding steroid dienone is 4. The van der Waals surface area contributed by atoms with Crippen molar-refractivity contribution in [3.8, 4) is 0 Å². The van der Waals surface area contributed by atoms with Crippen molar-refractivity contribution in [1.82, 2.24) is 5.32 Å². The molecule has 368 valence electrons. The lowest BCUT2D eigenvalue weighted by Gasteiger charge is -2.26. The van der Waals surface area contributed by atoms with Gasteiger partial charge >= 0.3 is 7.82 Å². The maximum atomic E-state index is 13.0. The van der Waals surface area contributed by atoms with Crippen LogP contribution in [0.3, 0.4) is 0 Å². The van der Waals surface area contributed by atoms with E-state index in [2.05, 4.69) is 43.5 Å². The van der Waals surface area contributed by atoms with Crippen LogP contribution in [-0.2, 0) is 18.4 Å². The SMILES string of the molecule is CC/C=C\C/C=C\CCCCCCCCCCCCCCCCC(=O)NC(COP(=O)(O)OCC[N+](C)(C)C)C(O)CCCCCCCCCCCCCCCCCCCCC. The van der Waals surface area contributed by atoms with Gasteiger partial charge in [0.25, 0.3) is 0 Å².